The van der Waals surface area contributed by atoms with Gasteiger partial charge in [-0.3, -0.25) is 0 Å². The Morgan fingerprint density at radius 1 is 1.40 bits per heavy atom. The second-order valence-electron chi connectivity index (χ2n) is 2.59. The first-order valence-electron chi connectivity index (χ1n) is 3.70. The number of ketones is 1. The van der Waals surface area contributed by atoms with Crippen LogP contribution < -0.4 is 0 Å². The molecule has 1 nitrogen and oxygen atoms in total. The number of rotatable bonds is 4. The molecule has 0 N–H and O–H groups in total. The largest absolute Gasteiger partial charge is 2.00 e. The third-order valence-electron chi connectivity index (χ3n) is 1.73. The van der Waals surface area contributed by atoms with Crippen molar-refractivity contribution in [3.63, 3.8) is 0 Å². The number of carbonyl (C=O) groups excluding carboxylic acids is 1. The minimum absolute atomic E-state index is 0. The van der Waals surface area contributed by atoms with E-state index >= 15 is 0 Å². The van der Waals surface area contributed by atoms with Crippen molar-refractivity contribution in [2.24, 2.45) is 0 Å². The second-order valence-corrected chi connectivity index (χ2v) is 6.36. The van der Waals surface area contributed by atoms with E-state index in [-0.39, 0.29) is 25.9 Å². The molecule has 0 saturated heterocycles. The maximum absolute atomic E-state index is 10.6. The van der Waals surface area contributed by atoms with Gasteiger partial charge in [0, 0.05) is 0 Å². The van der Waals surface area contributed by atoms with Crippen molar-refractivity contribution in [1.29, 1.82) is 0 Å². The number of Topliss-reactive ketones (excluding diaryl/α,β-unsaturated/α-hetero) is 1. The first-order valence-corrected chi connectivity index (χ1v) is 6.15. The zero-order valence-electron chi connectivity index (χ0n) is 9.31. The summed E-state index contributed by atoms with van der Waals surface area (Å²) in [5.41, 5.74) is 0. The minimum Gasteiger partial charge on any atom is -1.00 e. The van der Waals surface area contributed by atoms with Crippen LogP contribution in [-0.2, 0) is 4.79 Å². The fraction of sp³-hybridized carbons (Fsp3) is 0.857. The maximum atomic E-state index is 10.6. The van der Waals surface area contributed by atoms with Crippen molar-refractivity contribution in [3.8, 4) is 0 Å². The fourth-order valence-corrected chi connectivity index (χ4v) is 2.95. The van der Waals surface area contributed by atoms with E-state index in [1.54, 1.807) is 6.92 Å². The Kier molecular flexibility index (Phi) is 10.9. The summed E-state index contributed by atoms with van der Waals surface area (Å²) >= 11 is -0.600. The van der Waals surface area contributed by atoms with Gasteiger partial charge in [-0.05, 0) is 12.2 Å². The molecule has 10 heavy (non-hydrogen) atoms. The standard InChI is InChI=1S/C3H5O.2C2H5.Al.Mg.2H/c1-3(2)4;2*1-2;;;;/h1H2,2H3;2*1H2,2H3;;;;/q;;;;+2;2*-1. The quantitative estimate of drug-likeness (QED) is 0.587. The monoisotopic (exact) mass is 168 g/mol. The van der Waals surface area contributed by atoms with Crippen LogP contribution in [-0.4, -0.2) is 43.0 Å². The molecule has 0 aliphatic rings. The molecule has 0 spiro atoms. The Bertz CT molecular complexity index is 99.4. The van der Waals surface area contributed by atoms with E-state index in [0.29, 0.717) is 5.78 Å². The van der Waals surface area contributed by atoms with Gasteiger partial charge in [0.15, 0.2) is 0 Å². The van der Waals surface area contributed by atoms with E-state index in [2.05, 4.69) is 13.8 Å². The number of hydrogen-bond acceptors (Lipinski definition) is 1. The van der Waals surface area contributed by atoms with E-state index in [0.717, 1.165) is 5.28 Å². The molecule has 0 bridgehead atoms. The molecule has 0 aromatic heterocycles. The van der Waals surface area contributed by atoms with Gasteiger partial charge >= 0.3 is 23.1 Å². The molecule has 0 amide bonds. The number of hydrogen-bond donors (Lipinski definition) is 0. The Morgan fingerprint density at radius 3 is 1.90 bits per heavy atom. The summed E-state index contributed by atoms with van der Waals surface area (Å²) in [7, 11) is 0. The van der Waals surface area contributed by atoms with E-state index in [1.165, 1.54) is 10.6 Å². The second kappa shape index (κ2) is 8.07. The van der Waals surface area contributed by atoms with Crippen molar-refractivity contribution in [1.82, 2.24) is 0 Å². The van der Waals surface area contributed by atoms with Gasteiger partial charge in [0.2, 0.25) is 0 Å². The molecule has 0 aromatic carbocycles. The minimum atomic E-state index is -0.600. The Morgan fingerprint density at radius 2 is 1.80 bits per heavy atom. The van der Waals surface area contributed by atoms with E-state index in [9.17, 15) is 4.79 Å². The summed E-state index contributed by atoms with van der Waals surface area (Å²) in [5, 5.41) is 3.46. The van der Waals surface area contributed by atoms with Crippen LogP contribution in [0.4, 0.5) is 0 Å². The SMILES string of the molecule is C[CH2][Al]([CH2]C)[CH2]C(C)=O.[H-].[H-].[Mg+2]. The molecular weight excluding hydrogens is 151 g/mol. The molecule has 0 rings (SSSR count). The summed E-state index contributed by atoms with van der Waals surface area (Å²) in [6.45, 7) is 6.10. The van der Waals surface area contributed by atoms with Gasteiger partial charge in [-0.2, -0.15) is 0 Å². The molecular formula is C7H17AlMgO. The molecule has 0 unspecified atom stereocenters. The van der Waals surface area contributed by atoms with E-state index in [4.69, 9.17) is 0 Å². The summed E-state index contributed by atoms with van der Waals surface area (Å²) in [5.74, 6) is 0.385. The van der Waals surface area contributed by atoms with Gasteiger partial charge in [0.25, 0.3) is 14.1 Å². The van der Waals surface area contributed by atoms with Crippen LogP contribution in [0.2, 0.25) is 15.8 Å². The van der Waals surface area contributed by atoms with Crippen LogP contribution in [0.25, 0.3) is 0 Å². The van der Waals surface area contributed by atoms with Crippen LogP contribution in [0.1, 0.15) is 23.6 Å². The smallest absolute Gasteiger partial charge is 1.00 e. The van der Waals surface area contributed by atoms with Crippen LogP contribution in [0.15, 0.2) is 0 Å². The average molecular weight is 168 g/mol. The van der Waals surface area contributed by atoms with Crippen molar-refractivity contribution in [2.45, 2.75) is 36.6 Å². The summed E-state index contributed by atoms with van der Waals surface area (Å²) in [6.07, 6.45) is 0. The molecule has 3 heteroatoms. The van der Waals surface area contributed by atoms with Gasteiger partial charge in [0.1, 0.15) is 5.78 Å². The zero-order valence-corrected chi connectivity index (χ0v) is 9.88. The molecule has 0 radical (unpaired) electrons. The topological polar surface area (TPSA) is 17.1 Å². The third-order valence-corrected chi connectivity index (χ3v) is 5.19. The van der Waals surface area contributed by atoms with Crippen LogP contribution in [0, 0.1) is 0 Å². The third kappa shape index (κ3) is 7.08. The van der Waals surface area contributed by atoms with Gasteiger partial charge < -0.3 is 7.65 Å². The van der Waals surface area contributed by atoms with Gasteiger partial charge in [-0.25, -0.2) is 0 Å². The molecule has 56 valence electrons. The summed E-state index contributed by atoms with van der Waals surface area (Å²) in [6, 6.07) is 0. The fourth-order valence-electron chi connectivity index (χ4n) is 0.984. The predicted molar refractivity (Wildman–Crippen MR) is 50.2 cm³/mol. The first kappa shape index (κ1) is 13.6. The van der Waals surface area contributed by atoms with Crippen LogP contribution in [0.3, 0.4) is 0 Å². The normalized spacial score (nSPS) is 8.30. The van der Waals surface area contributed by atoms with Gasteiger partial charge in [0.05, 0.1) is 0 Å². The maximum Gasteiger partial charge on any atom is 2.00 e. The van der Waals surface area contributed by atoms with Crippen LogP contribution >= 0.6 is 0 Å². The van der Waals surface area contributed by atoms with E-state index < -0.39 is 14.1 Å². The van der Waals surface area contributed by atoms with Crippen molar-refractivity contribution in [3.05, 3.63) is 0 Å². The predicted octanol–water partition coefficient (Wildman–Crippen LogP) is 1.95. The Balaban J connectivity index is -0.000000107. The summed E-state index contributed by atoms with van der Waals surface area (Å²) in [4.78, 5) is 10.6. The Labute approximate surface area is 87.1 Å². The van der Waals surface area contributed by atoms with Crippen molar-refractivity contribution < 1.29 is 7.65 Å². The molecule has 0 aliphatic carbocycles. The molecule has 0 fully saturated rings. The first-order chi connectivity index (χ1) is 4.20. The Hall–Kier alpha value is 0.969. The van der Waals surface area contributed by atoms with E-state index in [1.807, 2.05) is 0 Å². The zero-order chi connectivity index (χ0) is 7.28. The molecule has 0 heterocycles. The number of carbonyl (C=O) groups is 1. The summed E-state index contributed by atoms with van der Waals surface area (Å²) < 4.78 is 0. The van der Waals surface area contributed by atoms with Gasteiger partial charge in [-0.1, -0.05) is 24.4 Å². The molecule has 0 atom stereocenters. The van der Waals surface area contributed by atoms with Crippen LogP contribution in [0.5, 0.6) is 0 Å². The average Bonchev–Trinajstić information content (AvgIpc) is 1.82. The molecule has 0 aromatic rings. The molecule has 0 saturated carbocycles. The van der Waals surface area contributed by atoms with Crippen molar-refractivity contribution >= 4 is 43.0 Å². The van der Waals surface area contributed by atoms with Gasteiger partial charge in [-0.15, -0.1) is 0 Å². The van der Waals surface area contributed by atoms with Crippen molar-refractivity contribution in [2.75, 3.05) is 0 Å². The molecule has 0 aliphatic heterocycles.